The molecule has 0 saturated carbocycles. The lowest BCUT2D eigenvalue weighted by molar-refractivity contribution is 0.402. The van der Waals surface area contributed by atoms with E-state index >= 15 is 0 Å². The predicted octanol–water partition coefficient (Wildman–Crippen LogP) is 3.66. The SMILES string of the molecule is COc1ccc(C)cc1S(=O)(=O)NCCc1c[nH]c2ccc(Cl)cc12. The van der Waals surface area contributed by atoms with Crippen molar-refractivity contribution in [2.24, 2.45) is 0 Å². The minimum atomic E-state index is -3.65. The summed E-state index contributed by atoms with van der Waals surface area (Å²) in [5, 5.41) is 1.65. The monoisotopic (exact) mass is 378 g/mol. The van der Waals surface area contributed by atoms with E-state index in [0.717, 1.165) is 22.0 Å². The van der Waals surface area contributed by atoms with Crippen molar-refractivity contribution in [3.05, 3.63) is 58.7 Å². The Morgan fingerprint density at radius 1 is 1.20 bits per heavy atom. The molecule has 0 spiro atoms. The van der Waals surface area contributed by atoms with Gasteiger partial charge in [0.25, 0.3) is 0 Å². The second kappa shape index (κ2) is 7.07. The third-order valence-electron chi connectivity index (χ3n) is 4.02. The third kappa shape index (κ3) is 3.81. The van der Waals surface area contributed by atoms with Gasteiger partial charge in [-0.15, -0.1) is 0 Å². The summed E-state index contributed by atoms with van der Waals surface area (Å²) in [6.45, 7) is 2.12. The van der Waals surface area contributed by atoms with Gasteiger partial charge in [0, 0.05) is 28.7 Å². The van der Waals surface area contributed by atoms with Crippen LogP contribution >= 0.6 is 11.6 Å². The molecular formula is C18H19ClN2O3S. The highest BCUT2D eigenvalue weighted by atomic mass is 35.5. The van der Waals surface area contributed by atoms with Gasteiger partial charge in [-0.3, -0.25) is 0 Å². The van der Waals surface area contributed by atoms with Crippen LogP contribution in [0, 0.1) is 6.92 Å². The maximum absolute atomic E-state index is 12.6. The molecule has 2 aromatic carbocycles. The summed E-state index contributed by atoms with van der Waals surface area (Å²) in [7, 11) is -2.19. The van der Waals surface area contributed by atoms with Gasteiger partial charge in [0.15, 0.2) is 0 Å². The molecule has 0 amide bonds. The van der Waals surface area contributed by atoms with Crippen LogP contribution in [0.1, 0.15) is 11.1 Å². The second-order valence-electron chi connectivity index (χ2n) is 5.81. The standard InChI is InChI=1S/C18H19ClN2O3S/c1-12-3-6-17(24-2)18(9-12)25(22,23)21-8-7-13-11-20-16-5-4-14(19)10-15(13)16/h3-6,9-11,20-21H,7-8H2,1-2H3. The van der Waals surface area contributed by atoms with Crippen molar-refractivity contribution in [1.29, 1.82) is 0 Å². The Kier molecular flexibility index (Phi) is 5.03. The zero-order chi connectivity index (χ0) is 18.0. The van der Waals surface area contributed by atoms with E-state index in [4.69, 9.17) is 16.3 Å². The fourth-order valence-electron chi connectivity index (χ4n) is 2.75. The Morgan fingerprint density at radius 3 is 2.76 bits per heavy atom. The number of benzene rings is 2. The summed E-state index contributed by atoms with van der Waals surface area (Å²) >= 11 is 6.04. The molecule has 0 atom stereocenters. The normalized spacial score (nSPS) is 11.8. The molecule has 2 N–H and O–H groups in total. The average Bonchev–Trinajstić information content (AvgIpc) is 2.97. The molecule has 0 saturated heterocycles. The highest BCUT2D eigenvalue weighted by Gasteiger charge is 2.19. The van der Waals surface area contributed by atoms with Gasteiger partial charge < -0.3 is 9.72 Å². The Bertz CT molecular complexity index is 1010. The molecule has 0 unspecified atom stereocenters. The van der Waals surface area contributed by atoms with Gasteiger partial charge in [0.05, 0.1) is 7.11 Å². The van der Waals surface area contributed by atoms with Crippen LogP contribution < -0.4 is 9.46 Å². The number of rotatable bonds is 6. The van der Waals surface area contributed by atoms with Crippen molar-refractivity contribution in [1.82, 2.24) is 9.71 Å². The van der Waals surface area contributed by atoms with E-state index in [0.29, 0.717) is 17.2 Å². The minimum absolute atomic E-state index is 0.150. The first-order chi connectivity index (χ1) is 11.9. The number of nitrogens with one attached hydrogen (secondary N) is 2. The molecule has 7 heteroatoms. The minimum Gasteiger partial charge on any atom is -0.495 e. The Labute approximate surface area is 152 Å². The maximum atomic E-state index is 12.6. The van der Waals surface area contributed by atoms with Crippen LogP contribution in [0.25, 0.3) is 10.9 Å². The topological polar surface area (TPSA) is 71.2 Å². The first-order valence-corrected chi connectivity index (χ1v) is 9.66. The van der Waals surface area contributed by atoms with E-state index in [1.54, 1.807) is 12.1 Å². The average molecular weight is 379 g/mol. The van der Waals surface area contributed by atoms with E-state index < -0.39 is 10.0 Å². The van der Waals surface area contributed by atoms with Crippen LogP contribution in [-0.4, -0.2) is 27.1 Å². The van der Waals surface area contributed by atoms with Gasteiger partial charge in [0.1, 0.15) is 10.6 Å². The summed E-state index contributed by atoms with van der Waals surface area (Å²) < 4.78 is 33.0. The van der Waals surface area contributed by atoms with Crippen molar-refractivity contribution in [3.63, 3.8) is 0 Å². The lowest BCUT2D eigenvalue weighted by Gasteiger charge is -2.11. The number of aryl methyl sites for hydroxylation is 1. The van der Waals surface area contributed by atoms with Crippen LogP contribution in [0.3, 0.4) is 0 Å². The zero-order valence-electron chi connectivity index (χ0n) is 14.0. The summed E-state index contributed by atoms with van der Waals surface area (Å²) in [5.41, 5.74) is 2.84. The van der Waals surface area contributed by atoms with Gasteiger partial charge in [-0.05, 0) is 54.8 Å². The van der Waals surface area contributed by atoms with Gasteiger partial charge in [-0.25, -0.2) is 13.1 Å². The van der Waals surface area contributed by atoms with Gasteiger partial charge in [-0.1, -0.05) is 17.7 Å². The van der Waals surface area contributed by atoms with E-state index in [-0.39, 0.29) is 11.4 Å². The number of aromatic nitrogens is 1. The highest BCUT2D eigenvalue weighted by Crippen LogP contribution is 2.25. The maximum Gasteiger partial charge on any atom is 0.244 e. The fraction of sp³-hybridized carbons (Fsp3) is 0.222. The number of ether oxygens (including phenoxy) is 1. The summed E-state index contributed by atoms with van der Waals surface area (Å²) in [6.07, 6.45) is 2.43. The number of fused-ring (bicyclic) bond motifs is 1. The zero-order valence-corrected chi connectivity index (χ0v) is 15.5. The lowest BCUT2D eigenvalue weighted by Crippen LogP contribution is -2.26. The number of H-pyrrole nitrogens is 1. The van der Waals surface area contributed by atoms with Gasteiger partial charge >= 0.3 is 0 Å². The smallest absolute Gasteiger partial charge is 0.244 e. The van der Waals surface area contributed by atoms with Crippen LogP contribution in [0.4, 0.5) is 0 Å². The van der Waals surface area contributed by atoms with Crippen LogP contribution in [0.5, 0.6) is 5.75 Å². The summed E-state index contributed by atoms with van der Waals surface area (Å²) in [4.78, 5) is 3.31. The van der Waals surface area contributed by atoms with Crippen molar-refractivity contribution in [2.75, 3.05) is 13.7 Å². The molecule has 0 aliphatic rings. The molecule has 0 radical (unpaired) electrons. The molecule has 0 fully saturated rings. The van der Waals surface area contributed by atoms with E-state index in [2.05, 4.69) is 9.71 Å². The molecule has 0 aliphatic carbocycles. The lowest BCUT2D eigenvalue weighted by atomic mass is 10.1. The molecule has 5 nitrogen and oxygen atoms in total. The summed E-state index contributed by atoms with van der Waals surface area (Å²) in [5.74, 6) is 0.331. The quantitative estimate of drug-likeness (QED) is 0.687. The van der Waals surface area contributed by atoms with E-state index in [1.807, 2.05) is 37.4 Å². The number of methoxy groups -OCH3 is 1. The Morgan fingerprint density at radius 2 is 2.00 bits per heavy atom. The Hall–Kier alpha value is -2.02. The van der Waals surface area contributed by atoms with Crippen LogP contribution in [0.15, 0.2) is 47.5 Å². The van der Waals surface area contributed by atoms with Gasteiger partial charge in [-0.2, -0.15) is 0 Å². The van der Waals surface area contributed by atoms with Gasteiger partial charge in [0.2, 0.25) is 10.0 Å². The Balaban J connectivity index is 1.76. The molecule has 3 rings (SSSR count). The van der Waals surface area contributed by atoms with Crippen LogP contribution in [0.2, 0.25) is 5.02 Å². The molecule has 132 valence electrons. The largest absolute Gasteiger partial charge is 0.495 e. The molecule has 25 heavy (non-hydrogen) atoms. The van der Waals surface area contributed by atoms with Crippen molar-refractivity contribution < 1.29 is 13.2 Å². The molecule has 0 aliphatic heterocycles. The van der Waals surface area contributed by atoms with Crippen molar-refractivity contribution in [3.8, 4) is 5.75 Å². The number of aromatic amines is 1. The highest BCUT2D eigenvalue weighted by molar-refractivity contribution is 7.89. The molecule has 1 aromatic heterocycles. The number of sulfonamides is 1. The number of hydrogen-bond acceptors (Lipinski definition) is 3. The predicted molar refractivity (Wildman–Crippen MR) is 99.9 cm³/mol. The first-order valence-electron chi connectivity index (χ1n) is 7.80. The third-order valence-corrected chi connectivity index (χ3v) is 5.74. The first kappa shape index (κ1) is 17.8. The van der Waals surface area contributed by atoms with E-state index in [1.165, 1.54) is 7.11 Å². The van der Waals surface area contributed by atoms with Crippen molar-refractivity contribution in [2.45, 2.75) is 18.2 Å². The molecule has 1 heterocycles. The van der Waals surface area contributed by atoms with Crippen LogP contribution in [-0.2, 0) is 16.4 Å². The summed E-state index contributed by atoms with van der Waals surface area (Å²) in [6, 6.07) is 10.7. The molecule has 0 bridgehead atoms. The number of halogens is 1. The van der Waals surface area contributed by atoms with E-state index in [9.17, 15) is 8.42 Å². The molecule has 3 aromatic rings. The fourth-order valence-corrected chi connectivity index (χ4v) is 4.20. The van der Waals surface area contributed by atoms with Crippen molar-refractivity contribution >= 4 is 32.5 Å². The number of hydrogen-bond donors (Lipinski definition) is 2. The molecular weight excluding hydrogens is 360 g/mol. The second-order valence-corrected chi connectivity index (χ2v) is 7.98.